The average molecular weight is 316 g/mol. The molecule has 100 valence electrons. The van der Waals surface area contributed by atoms with Crippen molar-refractivity contribution in [2.24, 2.45) is 5.14 Å². The van der Waals surface area contributed by atoms with Crippen molar-refractivity contribution in [2.75, 3.05) is 0 Å². The maximum atomic E-state index is 11.4. The Balaban J connectivity index is 2.58. The number of benzene rings is 1. The highest BCUT2D eigenvalue weighted by Gasteiger charge is 2.27. The van der Waals surface area contributed by atoms with Crippen molar-refractivity contribution in [1.82, 2.24) is 0 Å². The van der Waals surface area contributed by atoms with Crippen LogP contribution in [-0.2, 0) is 10.0 Å². The maximum Gasteiger partial charge on any atom is 0.303 e. The van der Waals surface area contributed by atoms with Crippen LogP contribution < -0.4 is 5.14 Å². The molecular formula is C10H8N2O4S3. The van der Waals surface area contributed by atoms with Gasteiger partial charge in [-0.15, -0.1) is 11.3 Å². The second-order valence-corrected chi connectivity index (χ2v) is 7.26. The Morgan fingerprint density at radius 3 is 2.53 bits per heavy atom. The van der Waals surface area contributed by atoms with Crippen LogP contribution in [-0.4, -0.2) is 13.3 Å². The molecule has 0 atom stereocenters. The van der Waals surface area contributed by atoms with Crippen LogP contribution in [0.15, 0.2) is 49.7 Å². The van der Waals surface area contributed by atoms with Crippen molar-refractivity contribution in [1.29, 1.82) is 0 Å². The van der Waals surface area contributed by atoms with Gasteiger partial charge in [0.05, 0.1) is 14.0 Å². The Hall–Kier alpha value is -1.42. The van der Waals surface area contributed by atoms with E-state index in [1.807, 2.05) is 11.4 Å². The van der Waals surface area contributed by atoms with E-state index < -0.39 is 25.5 Å². The first-order chi connectivity index (χ1) is 8.89. The maximum absolute atomic E-state index is 11.4. The summed E-state index contributed by atoms with van der Waals surface area (Å²) >= 11 is 2.55. The van der Waals surface area contributed by atoms with Gasteiger partial charge in [-0.25, -0.2) is 13.6 Å². The molecule has 1 aromatic heterocycles. The van der Waals surface area contributed by atoms with Crippen LogP contribution in [0.5, 0.6) is 0 Å². The van der Waals surface area contributed by atoms with Gasteiger partial charge in [0.2, 0.25) is 10.0 Å². The molecule has 2 aromatic rings. The highest BCUT2D eigenvalue weighted by molar-refractivity contribution is 8.01. The van der Waals surface area contributed by atoms with E-state index in [0.29, 0.717) is 0 Å². The molecule has 1 heterocycles. The molecule has 6 nitrogen and oxygen atoms in total. The number of nitro groups is 1. The smallest absolute Gasteiger partial charge is 0.258 e. The normalized spacial score (nSPS) is 11.4. The van der Waals surface area contributed by atoms with Gasteiger partial charge in [-0.2, -0.15) is 0 Å². The van der Waals surface area contributed by atoms with E-state index in [4.69, 9.17) is 5.14 Å². The third-order valence-electron chi connectivity index (χ3n) is 2.16. The summed E-state index contributed by atoms with van der Waals surface area (Å²) in [5.74, 6) is 0. The van der Waals surface area contributed by atoms with Gasteiger partial charge in [-0.3, -0.25) is 10.1 Å². The molecule has 0 aliphatic carbocycles. The lowest BCUT2D eigenvalue weighted by Gasteiger charge is -2.05. The lowest BCUT2D eigenvalue weighted by molar-refractivity contribution is -0.390. The molecule has 0 aliphatic heterocycles. The van der Waals surface area contributed by atoms with Gasteiger partial charge in [0, 0.05) is 0 Å². The summed E-state index contributed by atoms with van der Waals surface area (Å²) in [6, 6.07) is 7.66. The van der Waals surface area contributed by atoms with Crippen LogP contribution in [0, 0.1) is 10.1 Å². The lowest BCUT2D eigenvalue weighted by atomic mass is 10.3. The zero-order valence-electron chi connectivity index (χ0n) is 9.35. The van der Waals surface area contributed by atoms with Crippen molar-refractivity contribution >= 4 is 38.8 Å². The molecule has 0 unspecified atom stereocenters. The van der Waals surface area contributed by atoms with Crippen molar-refractivity contribution in [3.05, 3.63) is 45.8 Å². The molecule has 9 heteroatoms. The van der Waals surface area contributed by atoms with E-state index >= 15 is 0 Å². The van der Waals surface area contributed by atoms with Gasteiger partial charge in [0.15, 0.2) is 4.90 Å². The van der Waals surface area contributed by atoms with Gasteiger partial charge in [0.25, 0.3) is 0 Å². The fourth-order valence-electron chi connectivity index (χ4n) is 1.42. The van der Waals surface area contributed by atoms with Crippen LogP contribution in [0.1, 0.15) is 0 Å². The van der Waals surface area contributed by atoms with Gasteiger partial charge in [-0.1, -0.05) is 23.9 Å². The number of rotatable bonds is 4. The molecule has 2 rings (SSSR count). The zero-order valence-corrected chi connectivity index (χ0v) is 11.8. The van der Waals surface area contributed by atoms with Crippen molar-refractivity contribution < 1.29 is 13.3 Å². The summed E-state index contributed by atoms with van der Waals surface area (Å²) in [5, 5.41) is 17.9. The molecule has 0 aliphatic rings. The second-order valence-electron chi connectivity index (χ2n) is 3.44. The van der Waals surface area contributed by atoms with Crippen LogP contribution in [0.3, 0.4) is 0 Å². The summed E-state index contributed by atoms with van der Waals surface area (Å²) in [6.07, 6.45) is 0. The Morgan fingerprint density at radius 1 is 1.26 bits per heavy atom. The molecule has 0 amide bonds. The number of para-hydroxylation sites is 1. The largest absolute Gasteiger partial charge is 0.303 e. The molecule has 0 bridgehead atoms. The third kappa shape index (κ3) is 3.13. The van der Waals surface area contributed by atoms with E-state index in [-0.39, 0.29) is 4.90 Å². The number of primary sulfonamides is 1. The van der Waals surface area contributed by atoms with E-state index in [0.717, 1.165) is 22.0 Å². The standard InChI is InChI=1S/C10H8N2O4S3/c11-19(15,16)8-4-1-3-7(10(8)12(13)14)18-9-5-2-6-17-9/h1-6H,(H2,11,15,16). The fraction of sp³-hybridized carbons (Fsp3) is 0. The summed E-state index contributed by atoms with van der Waals surface area (Å²) in [6.45, 7) is 0. The van der Waals surface area contributed by atoms with E-state index in [1.54, 1.807) is 6.07 Å². The summed E-state index contributed by atoms with van der Waals surface area (Å²) in [5.41, 5.74) is -0.483. The summed E-state index contributed by atoms with van der Waals surface area (Å²) in [4.78, 5) is 10.1. The number of nitrogens with two attached hydrogens (primary N) is 1. The van der Waals surface area contributed by atoms with Crippen LogP contribution in [0.25, 0.3) is 0 Å². The van der Waals surface area contributed by atoms with E-state index in [1.165, 1.54) is 23.5 Å². The quantitative estimate of drug-likeness (QED) is 0.689. The Labute approximate surface area is 117 Å². The lowest BCUT2D eigenvalue weighted by Crippen LogP contribution is -2.14. The van der Waals surface area contributed by atoms with Gasteiger partial charge in [0.1, 0.15) is 0 Å². The van der Waals surface area contributed by atoms with Crippen LogP contribution in [0.4, 0.5) is 5.69 Å². The molecule has 19 heavy (non-hydrogen) atoms. The van der Waals surface area contributed by atoms with E-state index in [2.05, 4.69) is 0 Å². The SMILES string of the molecule is NS(=O)(=O)c1cccc(Sc2cccs2)c1[N+](=O)[O-]. The molecule has 0 saturated carbocycles. The van der Waals surface area contributed by atoms with Crippen molar-refractivity contribution in [3.8, 4) is 0 Å². The molecule has 0 spiro atoms. The van der Waals surface area contributed by atoms with Crippen LogP contribution >= 0.6 is 23.1 Å². The summed E-state index contributed by atoms with van der Waals surface area (Å²) < 4.78 is 23.6. The summed E-state index contributed by atoms with van der Waals surface area (Å²) in [7, 11) is -4.13. The highest BCUT2D eigenvalue weighted by Crippen LogP contribution is 2.39. The van der Waals surface area contributed by atoms with E-state index in [9.17, 15) is 18.5 Å². The molecular weight excluding hydrogens is 308 g/mol. The minimum atomic E-state index is -4.13. The number of hydrogen-bond acceptors (Lipinski definition) is 6. The van der Waals surface area contributed by atoms with Crippen molar-refractivity contribution in [2.45, 2.75) is 14.0 Å². The predicted octanol–water partition coefficient (Wildman–Crippen LogP) is 2.45. The topological polar surface area (TPSA) is 103 Å². The third-order valence-corrected chi connectivity index (χ3v) is 5.19. The Morgan fingerprint density at radius 2 is 2.00 bits per heavy atom. The molecule has 0 saturated heterocycles. The second kappa shape index (κ2) is 5.29. The van der Waals surface area contributed by atoms with Gasteiger partial charge in [-0.05, 0) is 23.6 Å². The van der Waals surface area contributed by atoms with Crippen molar-refractivity contribution in [3.63, 3.8) is 0 Å². The van der Waals surface area contributed by atoms with Crippen LogP contribution in [0.2, 0.25) is 0 Å². The molecule has 0 fully saturated rings. The number of thiophene rings is 1. The zero-order chi connectivity index (χ0) is 14.0. The predicted molar refractivity (Wildman–Crippen MR) is 72.9 cm³/mol. The number of sulfonamides is 1. The average Bonchev–Trinajstić information content (AvgIpc) is 2.80. The molecule has 1 aromatic carbocycles. The Kier molecular flexibility index (Phi) is 3.90. The monoisotopic (exact) mass is 316 g/mol. The number of nitrogens with zero attached hydrogens (tertiary/aromatic N) is 1. The van der Waals surface area contributed by atoms with Gasteiger partial charge < -0.3 is 0 Å². The fourth-order valence-corrected chi connectivity index (χ4v) is 4.08. The number of nitro benzene ring substituents is 1. The molecule has 2 N–H and O–H groups in total. The Bertz CT molecular complexity index is 710. The number of hydrogen-bond donors (Lipinski definition) is 1. The first-order valence-electron chi connectivity index (χ1n) is 4.91. The minimum Gasteiger partial charge on any atom is -0.258 e. The highest BCUT2D eigenvalue weighted by atomic mass is 32.2. The first kappa shape index (κ1) is 14.0. The molecule has 0 radical (unpaired) electrons. The minimum absolute atomic E-state index is 0.249. The first-order valence-corrected chi connectivity index (χ1v) is 8.15. The van der Waals surface area contributed by atoms with Gasteiger partial charge >= 0.3 is 5.69 Å².